The Labute approximate surface area is 177 Å². The first-order valence-corrected chi connectivity index (χ1v) is 10.5. The van der Waals surface area contributed by atoms with Gasteiger partial charge in [-0.25, -0.2) is 4.79 Å². The van der Waals surface area contributed by atoms with Crippen molar-refractivity contribution in [2.24, 2.45) is 5.16 Å². The van der Waals surface area contributed by atoms with Crippen molar-refractivity contribution in [2.75, 3.05) is 6.61 Å². The number of halogens is 2. The Bertz CT molecular complexity index is 1120. The fourth-order valence-corrected chi connectivity index (χ4v) is 3.85. The molecule has 2 aromatic carbocycles. The van der Waals surface area contributed by atoms with E-state index in [9.17, 15) is 13.2 Å². The summed E-state index contributed by atoms with van der Waals surface area (Å²) >= 11 is 12.1. The standard InChI is InChI=1S/C19H15Cl2NO6S/c1-3-26-17-10-12(8-15-11(2)22-27-19(15)23)9-16(21)18(17)28-29(24,25)14-6-4-13(20)5-7-14/h4-10H,3H2,1-2H3/b15-8-. The minimum Gasteiger partial charge on any atom is -0.490 e. The second-order valence-corrected chi connectivity index (χ2v) is 8.26. The number of oxime groups is 1. The summed E-state index contributed by atoms with van der Waals surface area (Å²) in [5.41, 5.74) is 1.15. The summed E-state index contributed by atoms with van der Waals surface area (Å²) in [5, 5.41) is 3.98. The zero-order chi connectivity index (χ0) is 21.2. The molecule has 0 aromatic heterocycles. The molecule has 0 amide bonds. The number of carbonyl (C=O) groups excluding carboxylic acids is 1. The number of hydrogen-bond donors (Lipinski definition) is 0. The SMILES string of the molecule is CCOc1cc(/C=C2\C(=O)ON=C2C)cc(Cl)c1OS(=O)(=O)c1ccc(Cl)cc1. The molecule has 7 nitrogen and oxygen atoms in total. The number of carbonyl (C=O) groups is 1. The molecule has 0 N–H and O–H groups in total. The van der Waals surface area contributed by atoms with Crippen LogP contribution in [0.2, 0.25) is 10.0 Å². The molecule has 29 heavy (non-hydrogen) atoms. The van der Waals surface area contributed by atoms with Gasteiger partial charge in [-0.1, -0.05) is 28.4 Å². The summed E-state index contributed by atoms with van der Waals surface area (Å²) < 4.78 is 36.0. The van der Waals surface area contributed by atoms with E-state index in [-0.39, 0.29) is 33.6 Å². The van der Waals surface area contributed by atoms with Crippen LogP contribution in [0.1, 0.15) is 19.4 Å². The van der Waals surface area contributed by atoms with E-state index in [2.05, 4.69) is 9.99 Å². The monoisotopic (exact) mass is 455 g/mol. The van der Waals surface area contributed by atoms with Crippen LogP contribution in [0.15, 0.2) is 52.0 Å². The third kappa shape index (κ3) is 4.72. The Hall–Kier alpha value is -2.55. The summed E-state index contributed by atoms with van der Waals surface area (Å²) in [5.74, 6) is -0.655. The first-order chi connectivity index (χ1) is 13.7. The van der Waals surface area contributed by atoms with Crippen molar-refractivity contribution in [2.45, 2.75) is 18.7 Å². The molecule has 1 aliphatic rings. The van der Waals surface area contributed by atoms with Gasteiger partial charge in [-0.2, -0.15) is 8.42 Å². The molecule has 0 aliphatic carbocycles. The van der Waals surface area contributed by atoms with Gasteiger partial charge >= 0.3 is 16.1 Å². The van der Waals surface area contributed by atoms with Crippen LogP contribution in [0.5, 0.6) is 11.5 Å². The van der Waals surface area contributed by atoms with Crippen LogP contribution in [0.4, 0.5) is 0 Å². The predicted octanol–water partition coefficient (Wildman–Crippen LogP) is 4.48. The number of rotatable bonds is 6. The third-order valence-electron chi connectivity index (χ3n) is 3.81. The molecule has 0 bridgehead atoms. The highest BCUT2D eigenvalue weighted by molar-refractivity contribution is 7.87. The molecule has 10 heteroatoms. The quantitative estimate of drug-likeness (QED) is 0.362. The van der Waals surface area contributed by atoms with Gasteiger partial charge in [-0.3, -0.25) is 0 Å². The van der Waals surface area contributed by atoms with Gasteiger partial charge in [0.1, 0.15) is 4.90 Å². The van der Waals surface area contributed by atoms with Crippen LogP contribution in [-0.2, 0) is 19.8 Å². The van der Waals surface area contributed by atoms with Crippen LogP contribution in [0.3, 0.4) is 0 Å². The lowest BCUT2D eigenvalue weighted by atomic mass is 10.1. The van der Waals surface area contributed by atoms with Crippen molar-refractivity contribution >= 4 is 51.1 Å². The molecule has 0 radical (unpaired) electrons. The summed E-state index contributed by atoms with van der Waals surface area (Å²) in [6, 6.07) is 8.46. The molecular weight excluding hydrogens is 441 g/mol. The van der Waals surface area contributed by atoms with E-state index in [0.29, 0.717) is 16.3 Å². The number of nitrogens with zero attached hydrogens (tertiary/aromatic N) is 1. The average Bonchev–Trinajstić information content (AvgIpc) is 2.97. The van der Waals surface area contributed by atoms with Crippen LogP contribution in [0.25, 0.3) is 6.08 Å². The zero-order valence-corrected chi connectivity index (χ0v) is 17.6. The van der Waals surface area contributed by atoms with Gasteiger partial charge in [0, 0.05) is 5.02 Å². The summed E-state index contributed by atoms with van der Waals surface area (Å²) in [6.07, 6.45) is 1.51. The van der Waals surface area contributed by atoms with E-state index < -0.39 is 16.1 Å². The van der Waals surface area contributed by atoms with Gasteiger partial charge in [0.25, 0.3) is 0 Å². The molecule has 3 rings (SSSR count). The van der Waals surface area contributed by atoms with Crippen molar-refractivity contribution < 1.29 is 27.0 Å². The van der Waals surface area contributed by atoms with Crippen molar-refractivity contribution in [3.8, 4) is 11.5 Å². The number of hydrogen-bond acceptors (Lipinski definition) is 7. The van der Waals surface area contributed by atoms with E-state index in [0.717, 1.165) is 0 Å². The van der Waals surface area contributed by atoms with E-state index in [1.165, 1.54) is 42.5 Å². The Morgan fingerprint density at radius 3 is 2.45 bits per heavy atom. The van der Waals surface area contributed by atoms with E-state index >= 15 is 0 Å². The Morgan fingerprint density at radius 1 is 1.17 bits per heavy atom. The summed E-state index contributed by atoms with van der Waals surface area (Å²) in [7, 11) is -4.18. The molecule has 1 aliphatic heterocycles. The van der Waals surface area contributed by atoms with Crippen LogP contribution in [-0.4, -0.2) is 26.7 Å². The van der Waals surface area contributed by atoms with E-state index in [1.54, 1.807) is 13.8 Å². The minimum atomic E-state index is -4.18. The summed E-state index contributed by atoms with van der Waals surface area (Å²) in [6.45, 7) is 3.58. The molecule has 0 atom stereocenters. The normalized spacial score (nSPS) is 15.2. The summed E-state index contributed by atoms with van der Waals surface area (Å²) in [4.78, 5) is 16.3. The van der Waals surface area contributed by atoms with Crippen molar-refractivity contribution in [1.82, 2.24) is 0 Å². The number of benzene rings is 2. The first-order valence-electron chi connectivity index (χ1n) is 8.35. The maximum absolute atomic E-state index is 12.6. The lowest BCUT2D eigenvalue weighted by molar-refractivity contribution is -0.136. The molecule has 0 saturated heterocycles. The molecule has 0 unspecified atom stereocenters. The largest absolute Gasteiger partial charge is 0.490 e. The lowest BCUT2D eigenvalue weighted by Crippen LogP contribution is -2.11. The fraction of sp³-hybridized carbons (Fsp3) is 0.158. The van der Waals surface area contributed by atoms with Crippen molar-refractivity contribution in [1.29, 1.82) is 0 Å². The minimum absolute atomic E-state index is 0.0127. The molecule has 2 aromatic rings. The average molecular weight is 456 g/mol. The van der Waals surface area contributed by atoms with Gasteiger partial charge in [-0.05, 0) is 61.9 Å². The highest BCUT2D eigenvalue weighted by atomic mass is 35.5. The fourth-order valence-electron chi connectivity index (χ4n) is 2.46. The van der Waals surface area contributed by atoms with E-state index in [1.807, 2.05) is 0 Å². The highest BCUT2D eigenvalue weighted by Crippen LogP contribution is 2.39. The molecular formula is C19H15Cl2NO6S. The number of ether oxygens (including phenoxy) is 1. The molecule has 152 valence electrons. The van der Waals surface area contributed by atoms with Gasteiger partial charge in [-0.15, -0.1) is 0 Å². The zero-order valence-electron chi connectivity index (χ0n) is 15.3. The van der Waals surface area contributed by atoms with Gasteiger partial charge < -0.3 is 13.8 Å². The maximum atomic E-state index is 12.6. The molecule has 0 spiro atoms. The molecule has 0 saturated carbocycles. The second kappa shape index (κ2) is 8.44. The maximum Gasteiger partial charge on any atom is 0.367 e. The van der Waals surface area contributed by atoms with Crippen molar-refractivity contribution in [3.63, 3.8) is 0 Å². The first kappa shape index (κ1) is 21.2. The molecule has 1 heterocycles. The third-order valence-corrected chi connectivity index (χ3v) is 5.58. The predicted molar refractivity (Wildman–Crippen MR) is 109 cm³/mol. The lowest BCUT2D eigenvalue weighted by Gasteiger charge is -2.14. The van der Waals surface area contributed by atoms with Gasteiger partial charge in [0.2, 0.25) is 5.75 Å². The highest BCUT2D eigenvalue weighted by Gasteiger charge is 2.24. The molecule has 0 fully saturated rings. The van der Waals surface area contributed by atoms with E-state index in [4.69, 9.17) is 32.1 Å². The van der Waals surface area contributed by atoms with Crippen molar-refractivity contribution in [3.05, 3.63) is 57.6 Å². The Balaban J connectivity index is 2.01. The van der Waals surface area contributed by atoms with Crippen LogP contribution in [0, 0.1) is 0 Å². The topological polar surface area (TPSA) is 91.3 Å². The Morgan fingerprint density at radius 2 is 1.86 bits per heavy atom. The Kier molecular flexibility index (Phi) is 6.16. The van der Waals surface area contributed by atoms with Crippen LogP contribution < -0.4 is 8.92 Å². The smallest absolute Gasteiger partial charge is 0.367 e. The van der Waals surface area contributed by atoms with Gasteiger partial charge in [0.15, 0.2) is 5.75 Å². The van der Waals surface area contributed by atoms with Gasteiger partial charge in [0.05, 0.1) is 22.9 Å². The van der Waals surface area contributed by atoms with Crippen LogP contribution >= 0.6 is 23.2 Å². The second-order valence-electron chi connectivity index (χ2n) is 5.87.